The Kier molecular flexibility index (Phi) is 5.75. The van der Waals surface area contributed by atoms with E-state index in [4.69, 9.17) is 9.47 Å². The third-order valence-electron chi connectivity index (χ3n) is 3.94. The average molecular weight is 356 g/mol. The summed E-state index contributed by atoms with van der Waals surface area (Å²) in [7, 11) is 0. The number of nitrogens with one attached hydrogen (secondary N) is 1. The summed E-state index contributed by atoms with van der Waals surface area (Å²) in [6.45, 7) is 4.63. The zero-order chi connectivity index (χ0) is 18.4. The fraction of sp³-hybridized carbons (Fsp3) is 0.333. The van der Waals surface area contributed by atoms with Gasteiger partial charge in [0.1, 0.15) is 0 Å². The van der Waals surface area contributed by atoms with Crippen LogP contribution >= 0.6 is 0 Å². The zero-order valence-corrected chi connectivity index (χ0v) is 14.4. The number of ether oxygens (including phenoxy) is 2. The zero-order valence-electron chi connectivity index (χ0n) is 14.4. The van der Waals surface area contributed by atoms with Crippen molar-refractivity contribution in [3.8, 4) is 0 Å². The third-order valence-corrected chi connectivity index (χ3v) is 3.94. The Hall–Kier alpha value is -3.00. The first-order chi connectivity index (χ1) is 12.6. The van der Waals surface area contributed by atoms with Crippen LogP contribution in [0.5, 0.6) is 0 Å². The van der Waals surface area contributed by atoms with Crippen molar-refractivity contribution in [3.63, 3.8) is 0 Å². The van der Waals surface area contributed by atoms with Crippen molar-refractivity contribution in [1.29, 1.82) is 0 Å². The molecule has 8 heteroatoms. The second-order valence-corrected chi connectivity index (χ2v) is 5.77. The molecule has 26 heavy (non-hydrogen) atoms. The molecule has 1 aliphatic rings. The summed E-state index contributed by atoms with van der Waals surface area (Å²) in [4.78, 5) is 34.0. The Morgan fingerprint density at radius 1 is 1.19 bits per heavy atom. The van der Waals surface area contributed by atoms with Gasteiger partial charge in [-0.2, -0.15) is 0 Å². The molecule has 1 saturated heterocycles. The summed E-state index contributed by atoms with van der Waals surface area (Å²) in [5.41, 5.74) is 1.77. The van der Waals surface area contributed by atoms with Crippen LogP contribution in [-0.2, 0) is 14.3 Å². The van der Waals surface area contributed by atoms with Gasteiger partial charge in [0.25, 0.3) is 5.91 Å². The van der Waals surface area contributed by atoms with Gasteiger partial charge in [-0.1, -0.05) is 0 Å². The molecule has 8 nitrogen and oxygen atoms in total. The van der Waals surface area contributed by atoms with Gasteiger partial charge in [-0.25, -0.2) is 9.78 Å². The molecule has 1 aromatic heterocycles. The predicted octanol–water partition coefficient (Wildman–Crippen LogP) is 1.50. The molecule has 1 amide bonds. The van der Waals surface area contributed by atoms with E-state index in [1.165, 1.54) is 25.5 Å². The van der Waals surface area contributed by atoms with Crippen LogP contribution in [0.4, 0.5) is 11.4 Å². The number of morpholine rings is 1. The molecule has 136 valence electrons. The number of carbonyl (C=O) groups is 2. The number of benzene rings is 1. The van der Waals surface area contributed by atoms with Crippen molar-refractivity contribution in [2.45, 2.75) is 13.0 Å². The first-order valence-corrected chi connectivity index (χ1v) is 8.34. The highest BCUT2D eigenvalue weighted by Crippen LogP contribution is 2.19. The molecule has 1 aliphatic heterocycles. The van der Waals surface area contributed by atoms with E-state index in [-0.39, 0.29) is 5.69 Å². The Balaban J connectivity index is 1.54. The van der Waals surface area contributed by atoms with E-state index in [1.54, 1.807) is 0 Å². The summed E-state index contributed by atoms with van der Waals surface area (Å²) in [5.74, 6) is -1.11. The molecule has 3 rings (SSSR count). The minimum absolute atomic E-state index is 0.0574. The normalized spacial score (nSPS) is 15.2. The van der Waals surface area contributed by atoms with E-state index in [9.17, 15) is 9.59 Å². The van der Waals surface area contributed by atoms with Gasteiger partial charge >= 0.3 is 5.97 Å². The predicted molar refractivity (Wildman–Crippen MR) is 95.0 cm³/mol. The van der Waals surface area contributed by atoms with Gasteiger partial charge in [0.15, 0.2) is 11.8 Å². The standard InChI is InChI=1S/C18H20N4O4/c1-13(26-18(24)16-12-19-6-7-20-16)17(23)21-14-2-4-15(5-3-14)22-8-10-25-11-9-22/h2-7,12-13H,8-11H2,1H3,(H,21,23)/t13-/m1/s1. The molecule has 0 aliphatic carbocycles. The maximum absolute atomic E-state index is 12.2. The molecule has 1 N–H and O–H groups in total. The average Bonchev–Trinajstić information content (AvgIpc) is 2.70. The number of rotatable bonds is 5. The number of hydrogen-bond acceptors (Lipinski definition) is 7. The highest BCUT2D eigenvalue weighted by molar-refractivity contribution is 5.96. The molecular formula is C18H20N4O4. The summed E-state index contributed by atoms with van der Waals surface area (Å²) < 4.78 is 10.5. The molecule has 0 saturated carbocycles. The van der Waals surface area contributed by atoms with E-state index >= 15 is 0 Å². The van der Waals surface area contributed by atoms with Crippen LogP contribution in [0.25, 0.3) is 0 Å². The third kappa shape index (κ3) is 4.54. The van der Waals surface area contributed by atoms with Crippen molar-refractivity contribution < 1.29 is 19.1 Å². The maximum atomic E-state index is 12.2. The molecule has 2 aromatic rings. The number of carbonyl (C=O) groups excluding carboxylic acids is 2. The lowest BCUT2D eigenvalue weighted by molar-refractivity contribution is -0.123. The Morgan fingerprint density at radius 3 is 2.58 bits per heavy atom. The number of hydrogen-bond donors (Lipinski definition) is 1. The first kappa shape index (κ1) is 17.8. The number of esters is 1. The second-order valence-electron chi connectivity index (χ2n) is 5.77. The Bertz CT molecular complexity index is 746. The highest BCUT2D eigenvalue weighted by Gasteiger charge is 2.20. The van der Waals surface area contributed by atoms with E-state index in [0.29, 0.717) is 18.9 Å². The monoisotopic (exact) mass is 356 g/mol. The quantitative estimate of drug-likeness (QED) is 0.811. The lowest BCUT2D eigenvalue weighted by Crippen LogP contribution is -2.36. The molecule has 1 aromatic carbocycles. The van der Waals surface area contributed by atoms with Crippen LogP contribution in [0.1, 0.15) is 17.4 Å². The van der Waals surface area contributed by atoms with E-state index in [2.05, 4.69) is 20.2 Å². The van der Waals surface area contributed by atoms with Crippen LogP contribution in [-0.4, -0.2) is 54.3 Å². The molecule has 0 bridgehead atoms. The van der Waals surface area contributed by atoms with Gasteiger partial charge < -0.3 is 19.7 Å². The largest absolute Gasteiger partial charge is 0.448 e. The van der Waals surface area contributed by atoms with Crippen LogP contribution in [0.2, 0.25) is 0 Å². The van der Waals surface area contributed by atoms with Crippen LogP contribution in [0, 0.1) is 0 Å². The van der Waals surface area contributed by atoms with Gasteiger partial charge in [0, 0.05) is 36.9 Å². The number of aromatic nitrogens is 2. The fourth-order valence-corrected chi connectivity index (χ4v) is 2.50. The van der Waals surface area contributed by atoms with Crippen LogP contribution in [0.3, 0.4) is 0 Å². The summed E-state index contributed by atoms with van der Waals surface area (Å²) >= 11 is 0. The smallest absolute Gasteiger partial charge is 0.359 e. The van der Waals surface area contributed by atoms with Crippen LogP contribution in [0.15, 0.2) is 42.9 Å². The Labute approximate surface area is 151 Å². The summed E-state index contributed by atoms with van der Waals surface area (Å²) in [5, 5.41) is 2.73. The minimum atomic E-state index is -0.955. The topological polar surface area (TPSA) is 93.7 Å². The number of nitrogens with zero attached hydrogens (tertiary/aromatic N) is 3. The molecule has 1 fully saturated rings. The molecule has 0 unspecified atom stereocenters. The lowest BCUT2D eigenvalue weighted by Gasteiger charge is -2.28. The minimum Gasteiger partial charge on any atom is -0.448 e. The second kappa shape index (κ2) is 8.39. The van der Waals surface area contributed by atoms with Gasteiger partial charge in [-0.15, -0.1) is 0 Å². The number of anilines is 2. The van der Waals surface area contributed by atoms with Crippen molar-refractivity contribution in [2.75, 3.05) is 36.5 Å². The van der Waals surface area contributed by atoms with Gasteiger partial charge in [0.05, 0.1) is 19.4 Å². The summed E-state index contributed by atoms with van der Waals surface area (Å²) in [6.07, 6.45) is 3.17. The van der Waals surface area contributed by atoms with Gasteiger partial charge in [-0.05, 0) is 31.2 Å². The lowest BCUT2D eigenvalue weighted by atomic mass is 10.2. The molecule has 1 atom stereocenters. The summed E-state index contributed by atoms with van der Waals surface area (Å²) in [6, 6.07) is 7.52. The number of amides is 1. The Morgan fingerprint density at radius 2 is 1.92 bits per heavy atom. The van der Waals surface area contributed by atoms with Crippen molar-refractivity contribution in [1.82, 2.24) is 9.97 Å². The van der Waals surface area contributed by atoms with Crippen molar-refractivity contribution in [3.05, 3.63) is 48.5 Å². The molecule has 0 spiro atoms. The highest BCUT2D eigenvalue weighted by atomic mass is 16.5. The maximum Gasteiger partial charge on any atom is 0.359 e. The van der Waals surface area contributed by atoms with Gasteiger partial charge in [-0.3, -0.25) is 9.78 Å². The SMILES string of the molecule is C[C@@H](OC(=O)c1cnccn1)C(=O)Nc1ccc(N2CCOCC2)cc1. The first-order valence-electron chi connectivity index (χ1n) is 8.34. The fourth-order valence-electron chi connectivity index (χ4n) is 2.50. The molecule has 2 heterocycles. The van der Waals surface area contributed by atoms with E-state index < -0.39 is 18.0 Å². The van der Waals surface area contributed by atoms with Crippen molar-refractivity contribution >= 4 is 23.3 Å². The van der Waals surface area contributed by atoms with Crippen molar-refractivity contribution in [2.24, 2.45) is 0 Å². The molecular weight excluding hydrogens is 336 g/mol. The van der Waals surface area contributed by atoms with Gasteiger partial charge in [0.2, 0.25) is 0 Å². The van der Waals surface area contributed by atoms with E-state index in [1.807, 2.05) is 24.3 Å². The molecule has 0 radical (unpaired) electrons. The van der Waals surface area contributed by atoms with E-state index in [0.717, 1.165) is 18.8 Å². The van der Waals surface area contributed by atoms with Crippen LogP contribution < -0.4 is 10.2 Å².